The van der Waals surface area contributed by atoms with E-state index >= 15 is 0 Å². The first-order chi connectivity index (χ1) is 9.13. The SMILES string of the molecule is CC1CN(C)C(=O)C(CCN)N(C2CCCCC2)C1. The Morgan fingerprint density at radius 3 is 2.53 bits per heavy atom. The van der Waals surface area contributed by atoms with Gasteiger partial charge in [-0.1, -0.05) is 26.2 Å². The molecule has 19 heavy (non-hydrogen) atoms. The second-order valence-corrected chi connectivity index (χ2v) is 6.41. The molecule has 110 valence electrons. The maximum Gasteiger partial charge on any atom is 0.239 e. The van der Waals surface area contributed by atoms with E-state index in [-0.39, 0.29) is 11.9 Å². The summed E-state index contributed by atoms with van der Waals surface area (Å²) in [6, 6.07) is 0.617. The van der Waals surface area contributed by atoms with E-state index in [0.29, 0.717) is 18.5 Å². The monoisotopic (exact) mass is 267 g/mol. The molecule has 1 saturated carbocycles. The summed E-state index contributed by atoms with van der Waals surface area (Å²) < 4.78 is 0. The zero-order valence-corrected chi connectivity index (χ0v) is 12.5. The lowest BCUT2D eigenvalue weighted by Crippen LogP contribution is -2.50. The van der Waals surface area contributed by atoms with Gasteiger partial charge in [0.2, 0.25) is 5.91 Å². The molecule has 0 radical (unpaired) electrons. The molecule has 1 aliphatic heterocycles. The summed E-state index contributed by atoms with van der Waals surface area (Å²) in [6.45, 7) is 4.78. The first-order valence-electron chi connectivity index (χ1n) is 7.84. The molecule has 1 saturated heterocycles. The Labute approximate surface area is 117 Å². The normalized spacial score (nSPS) is 31.5. The number of hydrogen-bond donors (Lipinski definition) is 1. The topological polar surface area (TPSA) is 49.6 Å². The van der Waals surface area contributed by atoms with Gasteiger partial charge in [0.25, 0.3) is 0 Å². The number of nitrogens with zero attached hydrogens (tertiary/aromatic N) is 2. The summed E-state index contributed by atoms with van der Waals surface area (Å²) in [4.78, 5) is 17.0. The van der Waals surface area contributed by atoms with Gasteiger partial charge in [0.15, 0.2) is 0 Å². The van der Waals surface area contributed by atoms with Crippen LogP contribution in [0.4, 0.5) is 0 Å². The third-order valence-electron chi connectivity index (χ3n) is 4.65. The van der Waals surface area contributed by atoms with Crippen molar-refractivity contribution in [1.82, 2.24) is 9.80 Å². The van der Waals surface area contributed by atoms with E-state index in [9.17, 15) is 4.79 Å². The fourth-order valence-electron chi connectivity index (χ4n) is 3.76. The van der Waals surface area contributed by atoms with Gasteiger partial charge in [-0.05, 0) is 31.7 Å². The van der Waals surface area contributed by atoms with E-state index in [1.807, 2.05) is 11.9 Å². The second-order valence-electron chi connectivity index (χ2n) is 6.41. The van der Waals surface area contributed by atoms with Gasteiger partial charge in [-0.2, -0.15) is 0 Å². The highest BCUT2D eigenvalue weighted by atomic mass is 16.2. The molecule has 0 bridgehead atoms. The van der Waals surface area contributed by atoms with Gasteiger partial charge < -0.3 is 10.6 Å². The van der Waals surface area contributed by atoms with Gasteiger partial charge >= 0.3 is 0 Å². The van der Waals surface area contributed by atoms with E-state index < -0.39 is 0 Å². The summed E-state index contributed by atoms with van der Waals surface area (Å²) in [7, 11) is 1.94. The van der Waals surface area contributed by atoms with Crippen molar-refractivity contribution in [2.24, 2.45) is 11.7 Å². The predicted molar refractivity (Wildman–Crippen MR) is 77.8 cm³/mol. The Kier molecular flexibility index (Phi) is 5.22. The lowest BCUT2D eigenvalue weighted by molar-refractivity contribution is -0.135. The molecule has 1 heterocycles. The Hall–Kier alpha value is -0.610. The van der Waals surface area contributed by atoms with Gasteiger partial charge in [0.1, 0.15) is 0 Å². The molecule has 4 nitrogen and oxygen atoms in total. The van der Waals surface area contributed by atoms with Crippen LogP contribution in [0.2, 0.25) is 0 Å². The zero-order valence-electron chi connectivity index (χ0n) is 12.5. The number of likely N-dealkylation sites (N-methyl/N-ethyl adjacent to an activating group) is 1. The number of nitrogens with two attached hydrogens (primary N) is 1. The van der Waals surface area contributed by atoms with Crippen LogP contribution in [0.15, 0.2) is 0 Å². The van der Waals surface area contributed by atoms with Crippen molar-refractivity contribution < 1.29 is 4.79 Å². The molecule has 2 atom stereocenters. The van der Waals surface area contributed by atoms with Crippen LogP contribution in [0, 0.1) is 5.92 Å². The fourth-order valence-corrected chi connectivity index (χ4v) is 3.76. The van der Waals surface area contributed by atoms with Crippen molar-refractivity contribution in [3.63, 3.8) is 0 Å². The Morgan fingerprint density at radius 2 is 1.89 bits per heavy atom. The van der Waals surface area contributed by atoms with E-state index in [0.717, 1.165) is 19.5 Å². The molecule has 1 amide bonds. The molecule has 4 heteroatoms. The minimum atomic E-state index is 0.0167. The molecule has 0 spiro atoms. The summed E-state index contributed by atoms with van der Waals surface area (Å²) in [5.74, 6) is 0.832. The number of amides is 1. The average Bonchev–Trinajstić information content (AvgIpc) is 2.52. The standard InChI is InChI=1S/C15H29N3O/c1-12-10-17(2)15(19)14(8-9-16)18(11-12)13-6-4-3-5-7-13/h12-14H,3-11,16H2,1-2H3. The van der Waals surface area contributed by atoms with Gasteiger partial charge in [-0.3, -0.25) is 9.69 Å². The van der Waals surface area contributed by atoms with Gasteiger partial charge in [0.05, 0.1) is 6.04 Å². The fraction of sp³-hybridized carbons (Fsp3) is 0.933. The van der Waals surface area contributed by atoms with Crippen LogP contribution in [-0.4, -0.2) is 54.5 Å². The molecular formula is C15H29N3O. The minimum absolute atomic E-state index is 0.0167. The van der Waals surface area contributed by atoms with Crippen LogP contribution >= 0.6 is 0 Å². The summed E-state index contributed by atoms with van der Waals surface area (Å²) in [5.41, 5.74) is 5.75. The molecule has 1 aliphatic carbocycles. The smallest absolute Gasteiger partial charge is 0.239 e. The van der Waals surface area contributed by atoms with Crippen molar-refractivity contribution in [2.75, 3.05) is 26.7 Å². The van der Waals surface area contributed by atoms with E-state index in [1.165, 1.54) is 32.1 Å². The average molecular weight is 267 g/mol. The Bertz CT molecular complexity index is 302. The van der Waals surface area contributed by atoms with Gasteiger partial charge in [-0.15, -0.1) is 0 Å². The van der Waals surface area contributed by atoms with Crippen LogP contribution in [0.3, 0.4) is 0 Å². The van der Waals surface area contributed by atoms with Crippen molar-refractivity contribution >= 4 is 5.91 Å². The lowest BCUT2D eigenvalue weighted by atomic mass is 9.92. The molecule has 0 aromatic carbocycles. The quantitative estimate of drug-likeness (QED) is 0.842. The zero-order chi connectivity index (χ0) is 13.8. The molecule has 2 N–H and O–H groups in total. The van der Waals surface area contributed by atoms with Gasteiger partial charge in [0, 0.05) is 26.2 Å². The summed E-state index contributed by atoms with van der Waals surface area (Å²) >= 11 is 0. The molecule has 2 unspecified atom stereocenters. The largest absolute Gasteiger partial charge is 0.344 e. The highest BCUT2D eigenvalue weighted by Crippen LogP contribution is 2.28. The van der Waals surface area contributed by atoms with Crippen LogP contribution < -0.4 is 5.73 Å². The van der Waals surface area contributed by atoms with E-state index in [2.05, 4.69) is 11.8 Å². The van der Waals surface area contributed by atoms with Crippen molar-refractivity contribution in [3.05, 3.63) is 0 Å². The predicted octanol–water partition coefficient (Wildman–Crippen LogP) is 1.45. The van der Waals surface area contributed by atoms with Crippen molar-refractivity contribution in [1.29, 1.82) is 0 Å². The Balaban J connectivity index is 2.16. The summed E-state index contributed by atoms with van der Waals surface area (Å²) in [6.07, 6.45) is 7.29. The number of hydrogen-bond acceptors (Lipinski definition) is 3. The van der Waals surface area contributed by atoms with E-state index in [1.54, 1.807) is 0 Å². The number of rotatable bonds is 3. The first-order valence-corrected chi connectivity index (χ1v) is 7.84. The first kappa shape index (κ1) is 14.8. The van der Waals surface area contributed by atoms with Crippen LogP contribution in [0.5, 0.6) is 0 Å². The van der Waals surface area contributed by atoms with Gasteiger partial charge in [-0.25, -0.2) is 0 Å². The number of carbonyl (C=O) groups is 1. The van der Waals surface area contributed by atoms with Crippen LogP contribution in [0.1, 0.15) is 45.4 Å². The molecule has 2 fully saturated rings. The molecule has 2 rings (SSSR count). The highest BCUT2D eigenvalue weighted by molar-refractivity contribution is 5.82. The third kappa shape index (κ3) is 3.48. The molecule has 0 aromatic rings. The molecule has 2 aliphatic rings. The molecular weight excluding hydrogens is 238 g/mol. The minimum Gasteiger partial charge on any atom is -0.344 e. The van der Waals surface area contributed by atoms with Crippen molar-refractivity contribution in [2.45, 2.75) is 57.5 Å². The maximum absolute atomic E-state index is 12.6. The molecule has 0 aromatic heterocycles. The second kappa shape index (κ2) is 6.71. The lowest BCUT2D eigenvalue weighted by Gasteiger charge is -2.38. The highest BCUT2D eigenvalue weighted by Gasteiger charge is 2.36. The van der Waals surface area contributed by atoms with Crippen LogP contribution in [0.25, 0.3) is 0 Å². The third-order valence-corrected chi connectivity index (χ3v) is 4.65. The maximum atomic E-state index is 12.6. The Morgan fingerprint density at radius 1 is 1.21 bits per heavy atom. The summed E-state index contributed by atoms with van der Waals surface area (Å²) in [5, 5.41) is 0. The van der Waals surface area contributed by atoms with Crippen LogP contribution in [-0.2, 0) is 4.79 Å². The number of carbonyl (C=O) groups excluding carboxylic acids is 1. The van der Waals surface area contributed by atoms with Crippen molar-refractivity contribution in [3.8, 4) is 0 Å². The van der Waals surface area contributed by atoms with E-state index in [4.69, 9.17) is 5.73 Å².